The van der Waals surface area contributed by atoms with Gasteiger partial charge in [0.2, 0.25) is 0 Å². The molecular weight excluding hydrogens is 262 g/mol. The number of nitrogens with zero attached hydrogens (tertiary/aromatic N) is 2. The van der Waals surface area contributed by atoms with E-state index in [0.717, 1.165) is 25.2 Å². The maximum atomic E-state index is 6.10. The summed E-state index contributed by atoms with van der Waals surface area (Å²) in [5.74, 6) is 0. The fraction of sp³-hybridized carbons (Fsp3) is 0.471. The molecule has 112 valence electrons. The number of para-hydroxylation sites is 1. The van der Waals surface area contributed by atoms with Gasteiger partial charge in [0.05, 0.1) is 17.7 Å². The van der Waals surface area contributed by atoms with Crippen molar-refractivity contribution < 1.29 is 4.74 Å². The molecule has 1 saturated heterocycles. The number of hydrogen-bond acceptors (Lipinski definition) is 4. The van der Waals surface area contributed by atoms with Crippen molar-refractivity contribution in [3.63, 3.8) is 0 Å². The highest BCUT2D eigenvalue weighted by Crippen LogP contribution is 2.29. The molecule has 0 radical (unpaired) electrons. The number of hydrogen-bond donors (Lipinski definition) is 1. The van der Waals surface area contributed by atoms with Gasteiger partial charge in [0.1, 0.15) is 0 Å². The molecule has 0 amide bonds. The monoisotopic (exact) mass is 285 g/mol. The molecule has 0 spiro atoms. The predicted molar refractivity (Wildman–Crippen MR) is 85.1 cm³/mol. The van der Waals surface area contributed by atoms with Gasteiger partial charge in [-0.25, -0.2) is 0 Å². The van der Waals surface area contributed by atoms with Gasteiger partial charge in [0, 0.05) is 37.3 Å². The molecule has 0 saturated carbocycles. The van der Waals surface area contributed by atoms with E-state index in [-0.39, 0.29) is 11.6 Å². The highest BCUT2D eigenvalue weighted by molar-refractivity contribution is 5.82. The van der Waals surface area contributed by atoms with Gasteiger partial charge in [-0.1, -0.05) is 24.3 Å². The molecule has 0 aliphatic carbocycles. The average Bonchev–Trinajstić information content (AvgIpc) is 2.47. The van der Waals surface area contributed by atoms with Crippen molar-refractivity contribution in [3.05, 3.63) is 42.1 Å². The molecule has 2 aromatic rings. The third-order valence-electron chi connectivity index (χ3n) is 4.14. The van der Waals surface area contributed by atoms with Crippen molar-refractivity contribution in [2.45, 2.75) is 25.5 Å². The lowest BCUT2D eigenvalue weighted by Crippen LogP contribution is -2.50. The molecule has 0 bridgehead atoms. The fourth-order valence-corrected chi connectivity index (χ4v) is 3.19. The second-order valence-electron chi connectivity index (χ2n) is 6.25. The van der Waals surface area contributed by atoms with Crippen LogP contribution in [0.1, 0.15) is 25.5 Å². The van der Waals surface area contributed by atoms with Crippen LogP contribution in [-0.2, 0) is 4.74 Å². The van der Waals surface area contributed by atoms with Crippen molar-refractivity contribution >= 4 is 10.9 Å². The van der Waals surface area contributed by atoms with Gasteiger partial charge in [-0.15, -0.1) is 0 Å². The minimum Gasteiger partial charge on any atom is -0.373 e. The molecule has 4 heteroatoms. The first kappa shape index (κ1) is 14.4. The van der Waals surface area contributed by atoms with Gasteiger partial charge in [0.25, 0.3) is 0 Å². The minimum absolute atomic E-state index is 0.121. The van der Waals surface area contributed by atoms with E-state index in [1.165, 1.54) is 10.9 Å². The van der Waals surface area contributed by atoms with E-state index in [0.29, 0.717) is 6.54 Å². The summed E-state index contributed by atoms with van der Waals surface area (Å²) in [5, 5.41) is 1.17. The summed E-state index contributed by atoms with van der Waals surface area (Å²) in [4.78, 5) is 6.99. The van der Waals surface area contributed by atoms with Crippen molar-refractivity contribution in [2.24, 2.45) is 5.73 Å². The van der Waals surface area contributed by atoms with E-state index in [4.69, 9.17) is 10.5 Å². The molecule has 21 heavy (non-hydrogen) atoms. The molecular formula is C17H23N3O. The molecule has 1 aliphatic rings. The lowest BCUT2D eigenvalue weighted by molar-refractivity contribution is -0.0966. The predicted octanol–water partition coefficient (Wildman–Crippen LogP) is 2.35. The van der Waals surface area contributed by atoms with Crippen LogP contribution >= 0.6 is 0 Å². The normalized spacial score (nSPS) is 20.5. The Balaban J connectivity index is 1.98. The Morgan fingerprint density at radius 2 is 2.14 bits per heavy atom. The number of aromatic nitrogens is 1. The number of nitrogens with two attached hydrogens (primary N) is 1. The van der Waals surface area contributed by atoms with Crippen LogP contribution in [0.4, 0.5) is 0 Å². The van der Waals surface area contributed by atoms with Crippen molar-refractivity contribution in [1.82, 2.24) is 9.88 Å². The SMILES string of the molecule is CC1(C)CN(C(CN)c2cccc3cccnc23)CCO1. The van der Waals surface area contributed by atoms with Crippen LogP contribution in [0.2, 0.25) is 0 Å². The van der Waals surface area contributed by atoms with E-state index in [1.54, 1.807) is 0 Å². The number of morpholine rings is 1. The van der Waals surface area contributed by atoms with Crippen LogP contribution in [0.5, 0.6) is 0 Å². The van der Waals surface area contributed by atoms with Crippen LogP contribution in [0.15, 0.2) is 36.5 Å². The van der Waals surface area contributed by atoms with Crippen molar-refractivity contribution in [3.8, 4) is 0 Å². The Morgan fingerprint density at radius 1 is 1.33 bits per heavy atom. The highest BCUT2D eigenvalue weighted by atomic mass is 16.5. The van der Waals surface area contributed by atoms with Crippen LogP contribution in [0.3, 0.4) is 0 Å². The zero-order chi connectivity index (χ0) is 14.9. The topological polar surface area (TPSA) is 51.4 Å². The molecule has 2 N–H and O–H groups in total. The van der Waals surface area contributed by atoms with Gasteiger partial charge >= 0.3 is 0 Å². The maximum absolute atomic E-state index is 6.10. The summed E-state index contributed by atoms with van der Waals surface area (Å²) in [6.07, 6.45) is 1.85. The number of benzene rings is 1. The average molecular weight is 285 g/mol. The smallest absolute Gasteiger partial charge is 0.0753 e. The second kappa shape index (κ2) is 5.72. The number of rotatable bonds is 3. The Morgan fingerprint density at radius 3 is 2.90 bits per heavy atom. The number of fused-ring (bicyclic) bond motifs is 1. The Hall–Kier alpha value is -1.49. The minimum atomic E-state index is -0.121. The van der Waals surface area contributed by atoms with Crippen LogP contribution in [-0.4, -0.2) is 41.7 Å². The first-order valence-corrected chi connectivity index (χ1v) is 7.52. The fourth-order valence-electron chi connectivity index (χ4n) is 3.19. The highest BCUT2D eigenvalue weighted by Gasteiger charge is 2.32. The first-order chi connectivity index (χ1) is 10.1. The third-order valence-corrected chi connectivity index (χ3v) is 4.14. The van der Waals surface area contributed by atoms with Gasteiger partial charge in [-0.05, 0) is 25.5 Å². The van der Waals surface area contributed by atoms with Gasteiger partial charge < -0.3 is 10.5 Å². The molecule has 1 fully saturated rings. The molecule has 3 rings (SSSR count). The summed E-state index contributed by atoms with van der Waals surface area (Å²) in [5.41, 5.74) is 8.25. The summed E-state index contributed by atoms with van der Waals surface area (Å²) >= 11 is 0. The lowest BCUT2D eigenvalue weighted by Gasteiger charge is -2.42. The Kier molecular flexibility index (Phi) is 3.93. The number of ether oxygens (including phenoxy) is 1. The van der Waals surface area contributed by atoms with Gasteiger partial charge in [0.15, 0.2) is 0 Å². The zero-order valence-corrected chi connectivity index (χ0v) is 12.7. The van der Waals surface area contributed by atoms with E-state index in [1.807, 2.05) is 12.3 Å². The van der Waals surface area contributed by atoms with Crippen LogP contribution < -0.4 is 5.73 Å². The molecule has 4 nitrogen and oxygen atoms in total. The number of pyridine rings is 1. The summed E-state index contributed by atoms with van der Waals surface area (Å²) in [7, 11) is 0. The summed E-state index contributed by atoms with van der Waals surface area (Å²) < 4.78 is 5.82. The molecule has 2 heterocycles. The van der Waals surface area contributed by atoms with Crippen LogP contribution in [0.25, 0.3) is 10.9 Å². The van der Waals surface area contributed by atoms with Crippen LogP contribution in [0, 0.1) is 0 Å². The largest absolute Gasteiger partial charge is 0.373 e. The molecule has 1 aliphatic heterocycles. The van der Waals surface area contributed by atoms with Gasteiger partial charge in [-0.3, -0.25) is 9.88 Å². The van der Waals surface area contributed by atoms with Gasteiger partial charge in [-0.2, -0.15) is 0 Å². The van der Waals surface area contributed by atoms with E-state index in [2.05, 4.69) is 48.0 Å². The Labute approximate surface area is 125 Å². The molecule has 1 aromatic carbocycles. The first-order valence-electron chi connectivity index (χ1n) is 7.52. The molecule has 1 aromatic heterocycles. The molecule has 1 unspecified atom stereocenters. The second-order valence-corrected chi connectivity index (χ2v) is 6.25. The lowest BCUT2D eigenvalue weighted by atomic mass is 9.98. The van der Waals surface area contributed by atoms with Crippen molar-refractivity contribution in [2.75, 3.05) is 26.2 Å². The summed E-state index contributed by atoms with van der Waals surface area (Å²) in [6, 6.07) is 10.6. The quantitative estimate of drug-likeness (QED) is 0.940. The Bertz CT molecular complexity index is 621. The van der Waals surface area contributed by atoms with E-state index >= 15 is 0 Å². The van der Waals surface area contributed by atoms with Crippen molar-refractivity contribution in [1.29, 1.82) is 0 Å². The standard InChI is InChI=1S/C17H23N3O/c1-17(2)12-20(9-10-21-17)15(11-18)14-7-3-5-13-6-4-8-19-16(13)14/h3-8,15H,9-12,18H2,1-2H3. The van der Waals surface area contributed by atoms with E-state index < -0.39 is 0 Å². The summed E-state index contributed by atoms with van der Waals surface area (Å²) in [6.45, 7) is 7.41. The maximum Gasteiger partial charge on any atom is 0.0753 e. The third kappa shape index (κ3) is 2.93. The zero-order valence-electron chi connectivity index (χ0n) is 12.7. The molecule has 1 atom stereocenters. The van der Waals surface area contributed by atoms with E-state index in [9.17, 15) is 0 Å².